The van der Waals surface area contributed by atoms with E-state index >= 15 is 0 Å². The van der Waals surface area contributed by atoms with E-state index < -0.39 is 11.9 Å². The summed E-state index contributed by atoms with van der Waals surface area (Å²) in [6.45, 7) is 1.85. The summed E-state index contributed by atoms with van der Waals surface area (Å²) < 4.78 is 0. The number of aryl methyl sites for hydroxylation is 1. The SMILES string of the molecule is Cc1ccc(C(=O)Nc2cc(C(=O)O)c(Cl)cc2Cl)c(Cl)c1. The van der Waals surface area contributed by atoms with Crippen LogP contribution in [0.5, 0.6) is 0 Å². The molecule has 0 unspecified atom stereocenters. The lowest BCUT2D eigenvalue weighted by atomic mass is 10.1. The first-order valence-electron chi connectivity index (χ1n) is 6.09. The summed E-state index contributed by atoms with van der Waals surface area (Å²) in [5.41, 5.74) is 1.16. The highest BCUT2D eigenvalue weighted by Crippen LogP contribution is 2.30. The number of amides is 1. The number of carboxylic acids is 1. The zero-order valence-corrected chi connectivity index (χ0v) is 13.6. The fourth-order valence-electron chi connectivity index (χ4n) is 1.80. The molecule has 2 aromatic carbocycles. The van der Waals surface area contributed by atoms with Gasteiger partial charge in [-0.15, -0.1) is 0 Å². The standard InChI is InChI=1S/C15H10Cl3NO3/c1-7-2-3-8(10(16)4-7)14(20)19-13-5-9(15(21)22)11(17)6-12(13)18/h2-6H,1H3,(H,19,20)(H,21,22). The van der Waals surface area contributed by atoms with Gasteiger partial charge in [0.05, 0.1) is 31.9 Å². The van der Waals surface area contributed by atoms with Crippen LogP contribution in [0.2, 0.25) is 15.1 Å². The normalized spacial score (nSPS) is 10.4. The Morgan fingerprint density at radius 1 is 0.955 bits per heavy atom. The van der Waals surface area contributed by atoms with Gasteiger partial charge in [0.25, 0.3) is 5.91 Å². The summed E-state index contributed by atoms with van der Waals surface area (Å²) in [4.78, 5) is 23.3. The van der Waals surface area contributed by atoms with Crippen molar-refractivity contribution in [3.05, 3.63) is 62.1 Å². The molecular formula is C15H10Cl3NO3. The Morgan fingerprint density at radius 2 is 1.59 bits per heavy atom. The van der Waals surface area contributed by atoms with Crippen LogP contribution in [0.15, 0.2) is 30.3 Å². The summed E-state index contributed by atoms with van der Waals surface area (Å²) in [5, 5.41) is 12.0. The number of rotatable bonds is 3. The monoisotopic (exact) mass is 357 g/mol. The molecule has 2 N–H and O–H groups in total. The minimum atomic E-state index is -1.22. The largest absolute Gasteiger partial charge is 0.478 e. The lowest BCUT2D eigenvalue weighted by Crippen LogP contribution is -2.13. The zero-order chi connectivity index (χ0) is 16.4. The zero-order valence-electron chi connectivity index (χ0n) is 11.3. The molecule has 4 nitrogen and oxygen atoms in total. The van der Waals surface area contributed by atoms with Gasteiger partial charge in [-0.25, -0.2) is 4.79 Å². The predicted molar refractivity (Wildman–Crippen MR) is 87.6 cm³/mol. The van der Waals surface area contributed by atoms with Gasteiger partial charge in [0, 0.05) is 0 Å². The molecule has 0 bridgehead atoms. The molecule has 2 rings (SSSR count). The van der Waals surface area contributed by atoms with Crippen molar-refractivity contribution in [2.45, 2.75) is 6.92 Å². The summed E-state index contributed by atoms with van der Waals surface area (Å²) in [5.74, 6) is -1.71. The number of carbonyl (C=O) groups excluding carboxylic acids is 1. The highest BCUT2D eigenvalue weighted by Gasteiger charge is 2.16. The molecule has 0 fully saturated rings. The lowest BCUT2D eigenvalue weighted by molar-refractivity contribution is 0.0696. The summed E-state index contributed by atoms with van der Waals surface area (Å²) >= 11 is 17.8. The van der Waals surface area contributed by atoms with Gasteiger partial charge < -0.3 is 10.4 Å². The second-order valence-electron chi connectivity index (χ2n) is 4.55. The van der Waals surface area contributed by atoms with Crippen LogP contribution in [0, 0.1) is 6.92 Å². The van der Waals surface area contributed by atoms with E-state index in [9.17, 15) is 9.59 Å². The summed E-state index contributed by atoms with van der Waals surface area (Å²) in [6, 6.07) is 7.44. The Balaban J connectivity index is 2.36. The third kappa shape index (κ3) is 3.53. The number of carboxylic acid groups (broad SMARTS) is 1. The average Bonchev–Trinajstić information content (AvgIpc) is 2.41. The van der Waals surface area contributed by atoms with E-state index in [0.29, 0.717) is 5.02 Å². The molecular weight excluding hydrogens is 349 g/mol. The molecule has 0 aliphatic heterocycles. The van der Waals surface area contributed by atoms with Gasteiger partial charge >= 0.3 is 5.97 Å². The molecule has 0 radical (unpaired) electrons. The predicted octanol–water partition coefficient (Wildman–Crippen LogP) is 4.91. The lowest BCUT2D eigenvalue weighted by Gasteiger charge is -2.10. The number of halogens is 3. The van der Waals surface area contributed by atoms with Gasteiger partial charge in [-0.05, 0) is 36.8 Å². The van der Waals surface area contributed by atoms with E-state index in [1.165, 1.54) is 12.1 Å². The number of nitrogens with one attached hydrogen (secondary N) is 1. The van der Waals surface area contributed by atoms with Gasteiger partial charge in [0.2, 0.25) is 0 Å². The number of aromatic carboxylic acids is 1. The molecule has 0 aromatic heterocycles. The summed E-state index contributed by atoms with van der Waals surface area (Å²) in [7, 11) is 0. The molecule has 0 spiro atoms. The molecule has 0 aliphatic carbocycles. The first kappa shape index (κ1) is 16.6. The Kier molecular flexibility index (Phi) is 4.96. The minimum absolute atomic E-state index is 0.0103. The van der Waals surface area contributed by atoms with Crippen LogP contribution in [0.25, 0.3) is 0 Å². The van der Waals surface area contributed by atoms with E-state index in [1.807, 2.05) is 6.92 Å². The van der Waals surface area contributed by atoms with E-state index in [2.05, 4.69) is 5.32 Å². The number of hydrogen-bond donors (Lipinski definition) is 2. The van der Waals surface area contributed by atoms with Crippen molar-refractivity contribution < 1.29 is 14.7 Å². The molecule has 22 heavy (non-hydrogen) atoms. The van der Waals surface area contributed by atoms with Gasteiger partial charge in [-0.3, -0.25) is 4.79 Å². The van der Waals surface area contributed by atoms with E-state index in [1.54, 1.807) is 18.2 Å². The maximum atomic E-state index is 12.2. The van der Waals surface area contributed by atoms with Gasteiger partial charge in [0.15, 0.2) is 0 Å². The first-order valence-corrected chi connectivity index (χ1v) is 7.23. The van der Waals surface area contributed by atoms with E-state index in [4.69, 9.17) is 39.9 Å². The number of anilines is 1. The van der Waals surface area contributed by atoms with Crippen molar-refractivity contribution in [2.75, 3.05) is 5.32 Å². The fourth-order valence-corrected chi connectivity index (χ4v) is 2.63. The van der Waals surface area contributed by atoms with Gasteiger partial charge in [-0.2, -0.15) is 0 Å². The van der Waals surface area contributed by atoms with E-state index in [-0.39, 0.29) is 26.9 Å². The average molecular weight is 359 g/mol. The highest BCUT2D eigenvalue weighted by molar-refractivity contribution is 6.39. The smallest absolute Gasteiger partial charge is 0.337 e. The third-order valence-electron chi connectivity index (χ3n) is 2.90. The van der Waals surface area contributed by atoms with Crippen LogP contribution in [-0.2, 0) is 0 Å². The molecule has 0 saturated carbocycles. The van der Waals surface area contributed by atoms with Crippen LogP contribution < -0.4 is 5.32 Å². The maximum absolute atomic E-state index is 12.2. The number of hydrogen-bond acceptors (Lipinski definition) is 2. The van der Waals surface area contributed by atoms with Crippen molar-refractivity contribution in [1.82, 2.24) is 0 Å². The Morgan fingerprint density at radius 3 is 2.18 bits per heavy atom. The molecule has 0 atom stereocenters. The fraction of sp³-hybridized carbons (Fsp3) is 0.0667. The second-order valence-corrected chi connectivity index (χ2v) is 5.78. The van der Waals surface area contributed by atoms with Crippen molar-refractivity contribution in [3.63, 3.8) is 0 Å². The van der Waals surface area contributed by atoms with Gasteiger partial charge in [-0.1, -0.05) is 40.9 Å². The van der Waals surface area contributed by atoms with Crippen LogP contribution in [-0.4, -0.2) is 17.0 Å². The quantitative estimate of drug-likeness (QED) is 0.819. The molecule has 2 aromatic rings. The van der Waals surface area contributed by atoms with Gasteiger partial charge in [0.1, 0.15) is 0 Å². The second kappa shape index (κ2) is 6.57. The number of benzene rings is 2. The summed E-state index contributed by atoms with van der Waals surface area (Å²) in [6.07, 6.45) is 0. The Hall–Kier alpha value is -1.75. The van der Waals surface area contributed by atoms with E-state index in [0.717, 1.165) is 5.56 Å². The van der Waals surface area contributed by atoms with Crippen molar-refractivity contribution in [3.8, 4) is 0 Å². The molecule has 7 heteroatoms. The minimum Gasteiger partial charge on any atom is -0.478 e. The van der Waals surface area contributed by atoms with Crippen LogP contribution >= 0.6 is 34.8 Å². The number of carbonyl (C=O) groups is 2. The van der Waals surface area contributed by atoms with Crippen LogP contribution in [0.1, 0.15) is 26.3 Å². The van der Waals surface area contributed by atoms with Crippen molar-refractivity contribution >= 4 is 52.4 Å². The topological polar surface area (TPSA) is 66.4 Å². The first-order chi connectivity index (χ1) is 10.3. The molecule has 0 heterocycles. The molecule has 114 valence electrons. The Labute approximate surface area is 141 Å². The van der Waals surface area contributed by atoms with Crippen molar-refractivity contribution in [1.29, 1.82) is 0 Å². The molecule has 1 amide bonds. The van der Waals surface area contributed by atoms with Crippen LogP contribution in [0.4, 0.5) is 5.69 Å². The van der Waals surface area contributed by atoms with Crippen LogP contribution in [0.3, 0.4) is 0 Å². The highest BCUT2D eigenvalue weighted by atomic mass is 35.5. The van der Waals surface area contributed by atoms with Crippen molar-refractivity contribution in [2.24, 2.45) is 0 Å². The maximum Gasteiger partial charge on any atom is 0.337 e. The third-order valence-corrected chi connectivity index (χ3v) is 3.84. The molecule has 0 aliphatic rings. The molecule has 0 saturated heterocycles. The Bertz CT molecular complexity index is 775.